The predicted octanol–water partition coefficient (Wildman–Crippen LogP) is 2.20. The van der Waals surface area contributed by atoms with Crippen LogP contribution in [0.4, 0.5) is 5.69 Å². The first-order valence-electron chi connectivity index (χ1n) is 9.54. The first-order valence-corrected chi connectivity index (χ1v) is 11.0. The second-order valence-electron chi connectivity index (χ2n) is 6.94. The Kier molecular flexibility index (Phi) is 6.86. The number of anilines is 1. The molecule has 9 heteroatoms. The molecule has 0 aliphatic carbocycles. The van der Waals surface area contributed by atoms with Gasteiger partial charge in [-0.1, -0.05) is 17.7 Å². The molecule has 0 radical (unpaired) electrons. The number of nitrogens with one attached hydrogen (secondary N) is 1. The van der Waals surface area contributed by atoms with Crippen molar-refractivity contribution >= 4 is 27.6 Å². The second kappa shape index (κ2) is 9.38. The van der Waals surface area contributed by atoms with E-state index in [0.29, 0.717) is 37.6 Å². The number of hydrogen-bond donors (Lipinski definition) is 1. The van der Waals surface area contributed by atoms with Gasteiger partial charge in [-0.3, -0.25) is 4.79 Å². The molecule has 1 aliphatic heterocycles. The summed E-state index contributed by atoms with van der Waals surface area (Å²) >= 11 is 0. The Morgan fingerprint density at radius 3 is 2.23 bits per heavy atom. The third-order valence-electron chi connectivity index (χ3n) is 4.67. The van der Waals surface area contributed by atoms with Crippen molar-refractivity contribution < 1.29 is 27.5 Å². The minimum atomic E-state index is -3.60. The van der Waals surface area contributed by atoms with Crippen molar-refractivity contribution in [3.63, 3.8) is 0 Å². The molecule has 1 atom stereocenters. The van der Waals surface area contributed by atoms with Gasteiger partial charge in [0.2, 0.25) is 10.0 Å². The van der Waals surface area contributed by atoms with Crippen molar-refractivity contribution in [1.82, 2.24) is 4.31 Å². The number of benzene rings is 2. The van der Waals surface area contributed by atoms with E-state index in [1.807, 2.05) is 6.92 Å². The van der Waals surface area contributed by atoms with Gasteiger partial charge in [0.25, 0.3) is 5.91 Å². The smallest absolute Gasteiger partial charge is 0.338 e. The number of carbonyl (C=O) groups is 2. The van der Waals surface area contributed by atoms with Crippen LogP contribution >= 0.6 is 0 Å². The third kappa shape index (κ3) is 5.24. The van der Waals surface area contributed by atoms with Gasteiger partial charge in [-0.15, -0.1) is 0 Å². The number of rotatable bonds is 6. The molecule has 30 heavy (non-hydrogen) atoms. The van der Waals surface area contributed by atoms with Gasteiger partial charge in [0, 0.05) is 18.8 Å². The van der Waals surface area contributed by atoms with Crippen molar-refractivity contribution in [1.29, 1.82) is 0 Å². The monoisotopic (exact) mass is 432 g/mol. The molecular weight excluding hydrogens is 408 g/mol. The van der Waals surface area contributed by atoms with Gasteiger partial charge in [-0.25, -0.2) is 13.2 Å². The minimum Gasteiger partial charge on any atom is -0.449 e. The number of ether oxygens (including phenoxy) is 2. The first-order chi connectivity index (χ1) is 14.3. The predicted molar refractivity (Wildman–Crippen MR) is 111 cm³/mol. The zero-order chi connectivity index (χ0) is 21.7. The molecule has 1 unspecified atom stereocenters. The lowest BCUT2D eigenvalue weighted by molar-refractivity contribution is -0.123. The molecule has 8 nitrogen and oxygen atoms in total. The molecule has 1 aliphatic rings. The van der Waals surface area contributed by atoms with E-state index >= 15 is 0 Å². The fourth-order valence-electron chi connectivity index (χ4n) is 2.86. The molecule has 0 bridgehead atoms. The zero-order valence-electron chi connectivity index (χ0n) is 16.8. The van der Waals surface area contributed by atoms with Gasteiger partial charge in [0.15, 0.2) is 6.10 Å². The fourth-order valence-corrected chi connectivity index (χ4v) is 4.27. The minimum absolute atomic E-state index is 0.140. The maximum Gasteiger partial charge on any atom is 0.338 e. The van der Waals surface area contributed by atoms with Crippen molar-refractivity contribution in [3.8, 4) is 0 Å². The fraction of sp³-hybridized carbons (Fsp3) is 0.333. The standard InChI is InChI=1S/C21H24N2O6S/c1-15-3-5-17(6-4-15)21(25)29-16(2)20(24)22-18-7-9-19(10-8-18)30(26,27)23-11-13-28-14-12-23/h3-10,16H,11-14H2,1-2H3,(H,22,24). The van der Waals surface area contributed by atoms with Crippen LogP contribution in [0, 0.1) is 6.92 Å². The summed E-state index contributed by atoms with van der Waals surface area (Å²) < 4.78 is 37.0. The average Bonchev–Trinajstić information content (AvgIpc) is 2.75. The molecular formula is C21H24N2O6S. The van der Waals surface area contributed by atoms with E-state index in [4.69, 9.17) is 9.47 Å². The summed E-state index contributed by atoms with van der Waals surface area (Å²) in [4.78, 5) is 24.6. The molecule has 1 N–H and O–H groups in total. The molecule has 2 aromatic rings. The summed E-state index contributed by atoms with van der Waals surface area (Å²) in [7, 11) is -3.60. The van der Waals surface area contributed by atoms with Gasteiger partial charge in [-0.2, -0.15) is 4.31 Å². The number of aryl methyl sites for hydroxylation is 1. The molecule has 0 spiro atoms. The molecule has 0 saturated carbocycles. The van der Waals surface area contributed by atoms with Crippen molar-refractivity contribution in [2.24, 2.45) is 0 Å². The van der Waals surface area contributed by atoms with Crippen molar-refractivity contribution in [2.75, 3.05) is 31.6 Å². The zero-order valence-corrected chi connectivity index (χ0v) is 17.6. The topological polar surface area (TPSA) is 102 Å². The van der Waals surface area contributed by atoms with E-state index < -0.39 is 28.0 Å². The Morgan fingerprint density at radius 2 is 1.63 bits per heavy atom. The lowest BCUT2D eigenvalue weighted by Gasteiger charge is -2.26. The molecule has 2 aromatic carbocycles. The van der Waals surface area contributed by atoms with Gasteiger partial charge in [-0.05, 0) is 50.2 Å². The maximum absolute atomic E-state index is 12.6. The van der Waals surface area contributed by atoms with E-state index in [0.717, 1.165) is 5.56 Å². The molecule has 1 saturated heterocycles. The summed E-state index contributed by atoms with van der Waals surface area (Å²) in [6.07, 6.45) is -1.02. The highest BCUT2D eigenvalue weighted by atomic mass is 32.2. The molecule has 160 valence electrons. The van der Waals surface area contributed by atoms with Crippen LogP contribution in [-0.4, -0.2) is 57.0 Å². The third-order valence-corrected chi connectivity index (χ3v) is 6.58. The Balaban J connectivity index is 1.59. The van der Waals surface area contributed by atoms with Crippen molar-refractivity contribution in [3.05, 3.63) is 59.7 Å². The highest BCUT2D eigenvalue weighted by Gasteiger charge is 2.26. The number of carbonyl (C=O) groups excluding carboxylic acids is 2. The Labute approximate surface area is 175 Å². The van der Waals surface area contributed by atoms with Crippen molar-refractivity contribution in [2.45, 2.75) is 24.8 Å². The number of sulfonamides is 1. The molecule has 1 fully saturated rings. The van der Waals surface area contributed by atoms with Gasteiger partial charge >= 0.3 is 5.97 Å². The normalized spacial score (nSPS) is 15.9. The summed E-state index contributed by atoms with van der Waals surface area (Å²) in [6.45, 7) is 4.73. The SMILES string of the molecule is Cc1ccc(C(=O)OC(C)C(=O)Nc2ccc(S(=O)(=O)N3CCOCC3)cc2)cc1. The largest absolute Gasteiger partial charge is 0.449 e. The van der Waals surface area contributed by atoms with E-state index in [1.54, 1.807) is 24.3 Å². The van der Waals surface area contributed by atoms with E-state index in [-0.39, 0.29) is 4.90 Å². The molecule has 0 aromatic heterocycles. The second-order valence-corrected chi connectivity index (χ2v) is 8.88. The number of nitrogens with zero attached hydrogens (tertiary/aromatic N) is 1. The van der Waals surface area contributed by atoms with Gasteiger partial charge in [0.05, 0.1) is 23.7 Å². The summed E-state index contributed by atoms with van der Waals surface area (Å²) in [6, 6.07) is 12.7. The molecule has 1 amide bonds. The van der Waals surface area contributed by atoms with E-state index in [9.17, 15) is 18.0 Å². The summed E-state index contributed by atoms with van der Waals surface area (Å²) in [5.41, 5.74) is 1.77. The van der Waals surface area contributed by atoms with Crippen LogP contribution in [0.5, 0.6) is 0 Å². The number of esters is 1. The molecule has 3 rings (SSSR count). The first kappa shape index (κ1) is 21.9. The highest BCUT2D eigenvalue weighted by Crippen LogP contribution is 2.19. The number of morpholine rings is 1. The van der Waals surface area contributed by atoms with Crippen LogP contribution in [0.2, 0.25) is 0 Å². The Hall–Kier alpha value is -2.75. The van der Waals surface area contributed by atoms with Crippen LogP contribution < -0.4 is 5.32 Å². The Morgan fingerprint density at radius 1 is 1.03 bits per heavy atom. The van der Waals surface area contributed by atoms with E-state index in [1.165, 1.54) is 35.5 Å². The van der Waals surface area contributed by atoms with Crippen LogP contribution in [0.1, 0.15) is 22.8 Å². The van der Waals surface area contributed by atoms with Crippen LogP contribution in [0.25, 0.3) is 0 Å². The average molecular weight is 432 g/mol. The quantitative estimate of drug-likeness (QED) is 0.702. The number of hydrogen-bond acceptors (Lipinski definition) is 6. The Bertz CT molecular complexity index is 997. The highest BCUT2D eigenvalue weighted by molar-refractivity contribution is 7.89. The lowest BCUT2D eigenvalue weighted by atomic mass is 10.1. The van der Waals surface area contributed by atoms with E-state index in [2.05, 4.69) is 5.32 Å². The summed E-state index contributed by atoms with van der Waals surface area (Å²) in [5.74, 6) is -1.11. The lowest BCUT2D eigenvalue weighted by Crippen LogP contribution is -2.40. The maximum atomic E-state index is 12.6. The number of amides is 1. The van der Waals surface area contributed by atoms with Crippen LogP contribution in [0.3, 0.4) is 0 Å². The van der Waals surface area contributed by atoms with Gasteiger partial charge in [0.1, 0.15) is 0 Å². The van der Waals surface area contributed by atoms with Gasteiger partial charge < -0.3 is 14.8 Å². The van der Waals surface area contributed by atoms with Crippen LogP contribution in [-0.2, 0) is 24.3 Å². The summed E-state index contributed by atoms with van der Waals surface area (Å²) in [5, 5.41) is 2.62. The van der Waals surface area contributed by atoms with Crippen LogP contribution in [0.15, 0.2) is 53.4 Å². The molecule has 1 heterocycles.